The molecule has 0 unspecified atom stereocenters. The minimum Gasteiger partial charge on any atom is -0.507 e. The largest absolute Gasteiger partial charge is 0.507 e. The van der Waals surface area contributed by atoms with E-state index in [1.165, 1.54) is 6.07 Å². The number of aromatic carboxylic acids is 1. The van der Waals surface area contributed by atoms with E-state index in [9.17, 15) is 9.90 Å². The first-order chi connectivity index (χ1) is 6.52. The topological polar surface area (TPSA) is 83.6 Å². The van der Waals surface area contributed by atoms with E-state index in [0.29, 0.717) is 12.0 Å². The van der Waals surface area contributed by atoms with Crippen LogP contribution in [0.15, 0.2) is 18.2 Å². The Kier molecular flexibility index (Phi) is 3.09. The third-order valence-electron chi connectivity index (χ3n) is 1.89. The monoisotopic (exact) mass is 195 g/mol. The third-order valence-corrected chi connectivity index (χ3v) is 1.89. The van der Waals surface area contributed by atoms with Gasteiger partial charge in [0.2, 0.25) is 0 Å². The van der Waals surface area contributed by atoms with Gasteiger partial charge in [0.05, 0.1) is 0 Å². The van der Waals surface area contributed by atoms with Gasteiger partial charge in [0.1, 0.15) is 11.3 Å². The molecule has 1 atom stereocenters. The number of carboxylic acids is 1. The normalized spacial score (nSPS) is 12.4. The van der Waals surface area contributed by atoms with Crippen LogP contribution >= 0.6 is 0 Å². The zero-order valence-electron chi connectivity index (χ0n) is 7.90. The number of phenols is 1. The molecule has 4 nitrogen and oxygen atoms in total. The summed E-state index contributed by atoms with van der Waals surface area (Å²) in [5, 5.41) is 18.3. The molecule has 0 saturated carbocycles. The van der Waals surface area contributed by atoms with Gasteiger partial charge in [-0.3, -0.25) is 0 Å². The Morgan fingerprint density at radius 1 is 1.57 bits per heavy atom. The summed E-state index contributed by atoms with van der Waals surface area (Å²) in [7, 11) is 0. The van der Waals surface area contributed by atoms with Crippen LogP contribution < -0.4 is 5.73 Å². The SMILES string of the molecule is C[C@H](N)Cc1cccc(C(=O)O)c1O. The zero-order valence-corrected chi connectivity index (χ0v) is 7.90. The third kappa shape index (κ3) is 2.23. The van der Waals surface area contributed by atoms with Crippen molar-refractivity contribution in [3.63, 3.8) is 0 Å². The molecular formula is C10H13NO3. The van der Waals surface area contributed by atoms with Crippen molar-refractivity contribution in [2.24, 2.45) is 5.73 Å². The first kappa shape index (κ1) is 10.5. The Bertz CT molecular complexity index is 347. The highest BCUT2D eigenvalue weighted by Crippen LogP contribution is 2.23. The quantitative estimate of drug-likeness (QED) is 0.671. The van der Waals surface area contributed by atoms with E-state index in [0.717, 1.165) is 0 Å². The fourth-order valence-corrected chi connectivity index (χ4v) is 1.28. The lowest BCUT2D eigenvalue weighted by Crippen LogP contribution is -2.18. The summed E-state index contributed by atoms with van der Waals surface area (Å²) in [6.07, 6.45) is 0.465. The van der Waals surface area contributed by atoms with Crippen LogP contribution in [0.2, 0.25) is 0 Å². The standard InChI is InChI=1S/C10H13NO3/c1-6(11)5-7-3-2-4-8(9(7)12)10(13)14/h2-4,6,12H,5,11H2,1H3,(H,13,14)/t6-/m0/s1. The van der Waals surface area contributed by atoms with Crippen LogP contribution in [0.25, 0.3) is 0 Å². The van der Waals surface area contributed by atoms with E-state index in [-0.39, 0.29) is 17.4 Å². The minimum absolute atomic E-state index is 0.0804. The number of rotatable bonds is 3. The van der Waals surface area contributed by atoms with Crippen molar-refractivity contribution in [1.29, 1.82) is 0 Å². The maximum atomic E-state index is 10.7. The van der Waals surface area contributed by atoms with Crippen molar-refractivity contribution in [3.8, 4) is 5.75 Å². The van der Waals surface area contributed by atoms with E-state index in [1.807, 2.05) is 0 Å². The molecule has 0 saturated heterocycles. The molecule has 0 aliphatic rings. The number of hydrogen-bond acceptors (Lipinski definition) is 3. The van der Waals surface area contributed by atoms with Gasteiger partial charge in [0.25, 0.3) is 0 Å². The van der Waals surface area contributed by atoms with E-state index in [4.69, 9.17) is 10.8 Å². The molecule has 0 heterocycles. The first-order valence-corrected chi connectivity index (χ1v) is 4.32. The van der Waals surface area contributed by atoms with Gasteiger partial charge in [-0.2, -0.15) is 0 Å². The smallest absolute Gasteiger partial charge is 0.339 e. The van der Waals surface area contributed by atoms with Gasteiger partial charge in [-0.05, 0) is 25.0 Å². The lowest BCUT2D eigenvalue weighted by Gasteiger charge is -2.08. The van der Waals surface area contributed by atoms with E-state index in [2.05, 4.69) is 0 Å². The van der Waals surface area contributed by atoms with E-state index in [1.54, 1.807) is 19.1 Å². The summed E-state index contributed by atoms with van der Waals surface area (Å²) in [5.41, 5.74) is 6.05. The predicted molar refractivity (Wildman–Crippen MR) is 52.4 cm³/mol. The van der Waals surface area contributed by atoms with Crippen molar-refractivity contribution < 1.29 is 15.0 Å². The minimum atomic E-state index is -1.13. The van der Waals surface area contributed by atoms with Crippen LogP contribution in [0.3, 0.4) is 0 Å². The van der Waals surface area contributed by atoms with Gasteiger partial charge in [0.15, 0.2) is 0 Å². The summed E-state index contributed by atoms with van der Waals surface area (Å²) in [4.78, 5) is 10.7. The fraction of sp³-hybridized carbons (Fsp3) is 0.300. The highest BCUT2D eigenvalue weighted by atomic mass is 16.4. The molecule has 0 aromatic heterocycles. The van der Waals surface area contributed by atoms with Gasteiger partial charge < -0.3 is 15.9 Å². The summed E-state index contributed by atoms with van der Waals surface area (Å²) < 4.78 is 0. The lowest BCUT2D eigenvalue weighted by atomic mass is 10.0. The second-order valence-corrected chi connectivity index (χ2v) is 3.30. The molecule has 0 aliphatic carbocycles. The van der Waals surface area contributed by atoms with Gasteiger partial charge in [-0.25, -0.2) is 4.79 Å². The van der Waals surface area contributed by atoms with Crippen molar-refractivity contribution >= 4 is 5.97 Å². The van der Waals surface area contributed by atoms with Crippen molar-refractivity contribution in [2.75, 3.05) is 0 Å². The van der Waals surface area contributed by atoms with Crippen LogP contribution in [0, 0.1) is 0 Å². The Morgan fingerprint density at radius 2 is 2.21 bits per heavy atom. The average molecular weight is 195 g/mol. The molecule has 0 radical (unpaired) electrons. The van der Waals surface area contributed by atoms with E-state index >= 15 is 0 Å². The van der Waals surface area contributed by atoms with Gasteiger partial charge >= 0.3 is 5.97 Å². The molecule has 4 heteroatoms. The predicted octanol–water partition coefficient (Wildman–Crippen LogP) is 0.980. The molecular weight excluding hydrogens is 182 g/mol. The first-order valence-electron chi connectivity index (χ1n) is 4.32. The molecule has 0 amide bonds. The van der Waals surface area contributed by atoms with Crippen molar-refractivity contribution in [1.82, 2.24) is 0 Å². The van der Waals surface area contributed by atoms with E-state index < -0.39 is 5.97 Å². The average Bonchev–Trinajstić information content (AvgIpc) is 2.07. The molecule has 14 heavy (non-hydrogen) atoms. The van der Waals surface area contributed by atoms with Crippen LogP contribution in [-0.4, -0.2) is 22.2 Å². The number of aromatic hydroxyl groups is 1. The molecule has 1 rings (SSSR count). The van der Waals surface area contributed by atoms with Crippen molar-refractivity contribution in [3.05, 3.63) is 29.3 Å². The highest BCUT2D eigenvalue weighted by molar-refractivity contribution is 5.91. The van der Waals surface area contributed by atoms with Crippen molar-refractivity contribution in [2.45, 2.75) is 19.4 Å². The molecule has 0 aliphatic heterocycles. The van der Waals surface area contributed by atoms with Crippen LogP contribution in [-0.2, 0) is 6.42 Å². The molecule has 1 aromatic rings. The number of nitrogens with two attached hydrogens (primary N) is 1. The Labute approximate surface area is 82.0 Å². The molecule has 0 bridgehead atoms. The van der Waals surface area contributed by atoms with Gasteiger partial charge in [-0.1, -0.05) is 12.1 Å². The van der Waals surface area contributed by atoms with Gasteiger partial charge in [0, 0.05) is 6.04 Å². The second-order valence-electron chi connectivity index (χ2n) is 3.30. The maximum Gasteiger partial charge on any atom is 0.339 e. The fourth-order valence-electron chi connectivity index (χ4n) is 1.28. The number of hydrogen-bond donors (Lipinski definition) is 3. The van der Waals surface area contributed by atoms with Crippen LogP contribution in [0.1, 0.15) is 22.8 Å². The number of carbonyl (C=O) groups is 1. The number of benzene rings is 1. The Hall–Kier alpha value is -1.55. The molecule has 76 valence electrons. The van der Waals surface area contributed by atoms with Crippen LogP contribution in [0.4, 0.5) is 0 Å². The lowest BCUT2D eigenvalue weighted by molar-refractivity contribution is 0.0693. The number of carboxylic acid groups (broad SMARTS) is 1. The zero-order chi connectivity index (χ0) is 10.7. The Balaban J connectivity index is 3.07. The highest BCUT2D eigenvalue weighted by Gasteiger charge is 2.13. The summed E-state index contributed by atoms with van der Waals surface area (Å²) in [6.45, 7) is 1.80. The van der Waals surface area contributed by atoms with Gasteiger partial charge in [-0.15, -0.1) is 0 Å². The molecule has 4 N–H and O–H groups in total. The molecule has 0 spiro atoms. The summed E-state index contributed by atoms with van der Waals surface area (Å²) >= 11 is 0. The summed E-state index contributed by atoms with van der Waals surface area (Å²) in [5.74, 6) is -1.31. The molecule has 0 fully saturated rings. The molecule has 1 aromatic carbocycles. The van der Waals surface area contributed by atoms with Crippen LogP contribution in [0.5, 0.6) is 5.75 Å². The maximum absolute atomic E-state index is 10.7. The summed E-state index contributed by atoms with van der Waals surface area (Å²) in [6, 6.07) is 4.53. The second kappa shape index (κ2) is 4.11. The Morgan fingerprint density at radius 3 is 2.71 bits per heavy atom. The number of para-hydroxylation sites is 1.